The van der Waals surface area contributed by atoms with E-state index in [0.29, 0.717) is 6.04 Å². The van der Waals surface area contributed by atoms with E-state index in [4.69, 9.17) is 4.74 Å². The molecule has 2 fully saturated rings. The first-order valence-corrected chi connectivity index (χ1v) is 7.32. The Morgan fingerprint density at radius 2 is 2.33 bits per heavy atom. The van der Waals surface area contributed by atoms with Gasteiger partial charge in [0.05, 0.1) is 0 Å². The van der Waals surface area contributed by atoms with E-state index in [1.165, 1.54) is 6.42 Å². The summed E-state index contributed by atoms with van der Waals surface area (Å²) in [6.07, 6.45) is 5.30. The maximum atomic E-state index is 12.5. The molecule has 0 aromatic rings. The van der Waals surface area contributed by atoms with Gasteiger partial charge in [-0.1, -0.05) is 6.92 Å². The summed E-state index contributed by atoms with van der Waals surface area (Å²) in [6, 6.07) is 0.465. The average molecular weight is 254 g/mol. The van der Waals surface area contributed by atoms with Crippen LogP contribution in [-0.2, 0) is 9.53 Å². The van der Waals surface area contributed by atoms with Gasteiger partial charge in [-0.15, -0.1) is 0 Å². The van der Waals surface area contributed by atoms with Gasteiger partial charge in [-0.05, 0) is 45.6 Å². The van der Waals surface area contributed by atoms with Crippen LogP contribution in [0.5, 0.6) is 0 Å². The highest BCUT2D eigenvalue weighted by atomic mass is 16.5. The third-order valence-corrected chi connectivity index (χ3v) is 4.06. The topological polar surface area (TPSA) is 41.6 Å². The van der Waals surface area contributed by atoms with Gasteiger partial charge < -0.3 is 15.0 Å². The number of piperidine rings is 1. The number of amides is 1. The highest BCUT2D eigenvalue weighted by molar-refractivity contribution is 5.85. The second-order valence-electron chi connectivity index (χ2n) is 5.73. The quantitative estimate of drug-likeness (QED) is 0.827. The molecule has 0 aromatic carbocycles. The smallest absolute Gasteiger partial charge is 0.254 e. The minimum Gasteiger partial charge on any atom is -0.365 e. The summed E-state index contributed by atoms with van der Waals surface area (Å²) in [5.74, 6) is 0.197. The summed E-state index contributed by atoms with van der Waals surface area (Å²) in [5, 5.41) is 3.52. The lowest BCUT2D eigenvalue weighted by molar-refractivity contribution is -0.152. The Morgan fingerprint density at radius 3 is 3.00 bits per heavy atom. The van der Waals surface area contributed by atoms with E-state index in [0.717, 1.165) is 51.9 Å². The lowest BCUT2D eigenvalue weighted by atomic mass is 9.98. The number of rotatable bonds is 4. The average Bonchev–Trinajstić information content (AvgIpc) is 2.84. The molecule has 0 saturated carbocycles. The molecule has 0 bridgehead atoms. The van der Waals surface area contributed by atoms with Crippen LogP contribution >= 0.6 is 0 Å². The van der Waals surface area contributed by atoms with Crippen molar-refractivity contribution in [1.29, 1.82) is 0 Å². The molecular weight excluding hydrogens is 228 g/mol. The van der Waals surface area contributed by atoms with Gasteiger partial charge in [0.25, 0.3) is 5.91 Å². The fraction of sp³-hybridized carbons (Fsp3) is 0.929. The lowest BCUT2D eigenvalue weighted by Gasteiger charge is -2.37. The molecule has 4 nitrogen and oxygen atoms in total. The van der Waals surface area contributed by atoms with Gasteiger partial charge in [0.15, 0.2) is 0 Å². The third-order valence-electron chi connectivity index (χ3n) is 4.06. The van der Waals surface area contributed by atoms with Gasteiger partial charge in [0, 0.05) is 25.7 Å². The maximum absolute atomic E-state index is 12.5. The van der Waals surface area contributed by atoms with Crippen molar-refractivity contribution in [3.63, 3.8) is 0 Å². The van der Waals surface area contributed by atoms with Crippen molar-refractivity contribution in [1.82, 2.24) is 10.2 Å². The summed E-state index contributed by atoms with van der Waals surface area (Å²) < 4.78 is 5.66. The fourth-order valence-electron chi connectivity index (χ4n) is 2.96. The summed E-state index contributed by atoms with van der Waals surface area (Å²) >= 11 is 0. The molecular formula is C14H26N2O2. The molecule has 2 heterocycles. The molecule has 2 saturated heterocycles. The van der Waals surface area contributed by atoms with Crippen molar-refractivity contribution in [2.75, 3.05) is 26.2 Å². The van der Waals surface area contributed by atoms with Crippen molar-refractivity contribution in [2.45, 2.75) is 57.6 Å². The summed E-state index contributed by atoms with van der Waals surface area (Å²) in [6.45, 7) is 7.63. The van der Waals surface area contributed by atoms with Crippen molar-refractivity contribution in [3.8, 4) is 0 Å². The standard InChI is InChI=1S/C14H26N2O2/c1-3-8-15-12-6-4-9-16(11-12)13(17)14(2)7-5-10-18-14/h12,15H,3-11H2,1-2H3. The Labute approximate surface area is 110 Å². The van der Waals surface area contributed by atoms with Gasteiger partial charge in [0.2, 0.25) is 0 Å². The maximum Gasteiger partial charge on any atom is 0.254 e. The number of nitrogens with one attached hydrogen (secondary N) is 1. The van der Waals surface area contributed by atoms with Crippen molar-refractivity contribution < 1.29 is 9.53 Å². The van der Waals surface area contributed by atoms with Crippen LogP contribution < -0.4 is 5.32 Å². The molecule has 104 valence electrons. The fourth-order valence-corrected chi connectivity index (χ4v) is 2.96. The van der Waals surface area contributed by atoms with Crippen LogP contribution in [0.3, 0.4) is 0 Å². The first kappa shape index (κ1) is 13.8. The van der Waals surface area contributed by atoms with Gasteiger partial charge in [-0.2, -0.15) is 0 Å². The number of ether oxygens (including phenoxy) is 1. The summed E-state index contributed by atoms with van der Waals surface area (Å²) in [5.41, 5.74) is -0.549. The molecule has 0 aliphatic carbocycles. The zero-order valence-electron chi connectivity index (χ0n) is 11.7. The molecule has 2 rings (SSSR count). The number of hydrogen-bond donors (Lipinski definition) is 1. The van der Waals surface area contributed by atoms with E-state index in [9.17, 15) is 4.79 Å². The van der Waals surface area contributed by atoms with Crippen molar-refractivity contribution in [2.24, 2.45) is 0 Å². The molecule has 1 amide bonds. The largest absolute Gasteiger partial charge is 0.365 e. The van der Waals surface area contributed by atoms with E-state index in [1.807, 2.05) is 11.8 Å². The Kier molecular flexibility index (Phi) is 4.62. The molecule has 18 heavy (non-hydrogen) atoms. The number of nitrogens with zero attached hydrogens (tertiary/aromatic N) is 1. The minimum atomic E-state index is -0.549. The molecule has 0 spiro atoms. The first-order valence-electron chi connectivity index (χ1n) is 7.32. The Hall–Kier alpha value is -0.610. The monoisotopic (exact) mass is 254 g/mol. The lowest BCUT2D eigenvalue weighted by Crippen LogP contribution is -2.54. The predicted octanol–water partition coefficient (Wildman–Crippen LogP) is 1.55. The Balaban J connectivity index is 1.89. The van der Waals surface area contributed by atoms with E-state index in [-0.39, 0.29) is 5.91 Å². The normalized spacial score (nSPS) is 32.8. The van der Waals surface area contributed by atoms with E-state index in [1.54, 1.807) is 0 Å². The van der Waals surface area contributed by atoms with Gasteiger partial charge in [-0.3, -0.25) is 4.79 Å². The molecule has 2 aliphatic heterocycles. The van der Waals surface area contributed by atoms with Crippen LogP contribution in [0.15, 0.2) is 0 Å². The zero-order chi connectivity index (χ0) is 13.0. The summed E-state index contributed by atoms with van der Waals surface area (Å²) in [4.78, 5) is 14.5. The second-order valence-corrected chi connectivity index (χ2v) is 5.73. The molecule has 2 unspecified atom stereocenters. The number of likely N-dealkylation sites (tertiary alicyclic amines) is 1. The SMILES string of the molecule is CCCNC1CCCN(C(=O)C2(C)CCCO2)C1. The summed E-state index contributed by atoms with van der Waals surface area (Å²) in [7, 11) is 0. The molecule has 2 atom stereocenters. The first-order chi connectivity index (χ1) is 8.65. The highest BCUT2D eigenvalue weighted by Crippen LogP contribution is 2.28. The number of carbonyl (C=O) groups excluding carboxylic acids is 1. The van der Waals surface area contributed by atoms with Crippen LogP contribution in [0.4, 0.5) is 0 Å². The number of carbonyl (C=O) groups is 1. The predicted molar refractivity (Wildman–Crippen MR) is 71.5 cm³/mol. The molecule has 1 N–H and O–H groups in total. The van der Waals surface area contributed by atoms with E-state index >= 15 is 0 Å². The van der Waals surface area contributed by atoms with Crippen LogP contribution in [0, 0.1) is 0 Å². The third kappa shape index (κ3) is 3.04. The second kappa shape index (κ2) is 6.02. The Morgan fingerprint density at radius 1 is 1.50 bits per heavy atom. The Bertz CT molecular complexity index is 288. The van der Waals surface area contributed by atoms with Gasteiger partial charge >= 0.3 is 0 Å². The van der Waals surface area contributed by atoms with Crippen molar-refractivity contribution >= 4 is 5.91 Å². The number of hydrogen-bond acceptors (Lipinski definition) is 3. The molecule has 2 aliphatic rings. The van der Waals surface area contributed by atoms with Gasteiger partial charge in [-0.25, -0.2) is 0 Å². The minimum absolute atomic E-state index is 0.197. The van der Waals surface area contributed by atoms with E-state index in [2.05, 4.69) is 12.2 Å². The van der Waals surface area contributed by atoms with Crippen LogP contribution in [0.25, 0.3) is 0 Å². The van der Waals surface area contributed by atoms with E-state index < -0.39 is 5.60 Å². The van der Waals surface area contributed by atoms with Crippen LogP contribution in [0.2, 0.25) is 0 Å². The highest BCUT2D eigenvalue weighted by Gasteiger charge is 2.41. The van der Waals surface area contributed by atoms with Gasteiger partial charge in [0.1, 0.15) is 5.60 Å². The van der Waals surface area contributed by atoms with Crippen molar-refractivity contribution in [3.05, 3.63) is 0 Å². The zero-order valence-corrected chi connectivity index (χ0v) is 11.7. The molecule has 0 aromatic heterocycles. The van der Waals surface area contributed by atoms with Crippen LogP contribution in [0.1, 0.15) is 46.0 Å². The van der Waals surface area contributed by atoms with Crippen LogP contribution in [-0.4, -0.2) is 48.7 Å². The molecule has 4 heteroatoms. The molecule has 0 radical (unpaired) electrons.